The molecule has 42 heavy (non-hydrogen) atoms. The Bertz CT molecular complexity index is 2170. The van der Waals surface area contributed by atoms with E-state index >= 15 is 0 Å². The summed E-state index contributed by atoms with van der Waals surface area (Å²) in [4.78, 5) is 0. The summed E-state index contributed by atoms with van der Waals surface area (Å²) in [6, 6.07) is 50.8. The van der Waals surface area contributed by atoms with Crippen molar-refractivity contribution in [1.29, 1.82) is 5.41 Å². The number of fused-ring (bicyclic) bond motifs is 6. The first-order valence-electron chi connectivity index (χ1n) is 14.1. The molecule has 0 aliphatic rings. The molecule has 198 valence electrons. The van der Waals surface area contributed by atoms with Crippen LogP contribution in [0, 0.1) is 5.41 Å². The second-order valence-corrected chi connectivity index (χ2v) is 10.7. The molecule has 2 aromatic heterocycles. The summed E-state index contributed by atoms with van der Waals surface area (Å²) in [7, 11) is 0. The molecule has 6 aromatic carbocycles. The number of nitrogens with zero attached hydrogens (tertiary/aromatic N) is 2. The number of benzene rings is 6. The van der Waals surface area contributed by atoms with Gasteiger partial charge in [-0.25, -0.2) is 0 Å². The molecule has 0 saturated heterocycles. The Balaban J connectivity index is 1.37. The third-order valence-corrected chi connectivity index (χ3v) is 8.33. The summed E-state index contributed by atoms with van der Waals surface area (Å²) >= 11 is 0. The molecule has 0 radical (unpaired) electrons. The molecule has 0 amide bonds. The largest absolute Gasteiger partial charge is 0.306 e. The highest BCUT2D eigenvalue weighted by molar-refractivity contribution is 6.27. The van der Waals surface area contributed by atoms with Crippen LogP contribution < -0.4 is 0 Å². The van der Waals surface area contributed by atoms with Crippen LogP contribution in [0.5, 0.6) is 0 Å². The van der Waals surface area contributed by atoms with Crippen molar-refractivity contribution in [1.82, 2.24) is 9.13 Å². The van der Waals surface area contributed by atoms with Crippen molar-refractivity contribution in [3.63, 3.8) is 0 Å². The quantitative estimate of drug-likeness (QED) is 0.171. The summed E-state index contributed by atoms with van der Waals surface area (Å²) in [5.41, 5.74) is 9.35. The molecular weight excluding hydrogens is 510 g/mol. The van der Waals surface area contributed by atoms with E-state index in [1.165, 1.54) is 11.1 Å². The van der Waals surface area contributed by atoms with E-state index < -0.39 is 0 Å². The average molecular weight is 538 g/mol. The fourth-order valence-electron chi connectivity index (χ4n) is 6.33. The topological polar surface area (TPSA) is 33.7 Å². The van der Waals surface area contributed by atoms with E-state index in [2.05, 4.69) is 137 Å². The van der Waals surface area contributed by atoms with Gasteiger partial charge in [-0.15, -0.1) is 0 Å². The molecule has 0 spiro atoms. The lowest BCUT2D eigenvalue weighted by Crippen LogP contribution is -2.16. The minimum Gasteiger partial charge on any atom is -0.306 e. The standard InChI is InChI=1S/C39H27N3/c1-26(41-35-18-10-8-16-31(35)32-17-9-11-19-36(32)41)39(40)42-37-22-20-29(27-12-4-2-5-13-27)24-33(37)34-25-30(21-23-38(34)42)28-14-6-3-7-15-28/h2-25,40H,1H2. The first kappa shape index (κ1) is 24.2. The normalized spacial score (nSPS) is 11.5. The Morgan fingerprint density at radius 3 is 1.29 bits per heavy atom. The van der Waals surface area contributed by atoms with Crippen LogP contribution in [0.1, 0.15) is 0 Å². The van der Waals surface area contributed by atoms with Crippen LogP contribution in [0.4, 0.5) is 0 Å². The minimum atomic E-state index is 0.349. The second kappa shape index (κ2) is 9.46. The molecule has 3 nitrogen and oxygen atoms in total. The number of hydrogen-bond donors (Lipinski definition) is 1. The highest BCUT2D eigenvalue weighted by Crippen LogP contribution is 2.37. The van der Waals surface area contributed by atoms with E-state index in [-0.39, 0.29) is 0 Å². The molecule has 0 bridgehead atoms. The van der Waals surface area contributed by atoms with Gasteiger partial charge in [-0.05, 0) is 58.7 Å². The molecule has 0 aliphatic carbocycles. The molecule has 0 aliphatic heterocycles. The number of hydrogen-bond acceptors (Lipinski definition) is 1. The molecule has 0 saturated carbocycles. The SMILES string of the molecule is C=C(C(=N)n1c2ccc(-c3ccccc3)cc2c2cc(-c3ccccc3)ccc21)n1c2ccccc2c2ccccc21. The highest BCUT2D eigenvalue weighted by atomic mass is 15.1. The van der Waals surface area contributed by atoms with Gasteiger partial charge in [0.25, 0.3) is 0 Å². The fraction of sp³-hybridized carbons (Fsp3) is 0. The molecule has 0 atom stereocenters. The van der Waals surface area contributed by atoms with Crippen LogP contribution >= 0.6 is 0 Å². The third kappa shape index (κ3) is 3.64. The zero-order chi connectivity index (χ0) is 28.2. The van der Waals surface area contributed by atoms with Crippen LogP contribution in [0.25, 0.3) is 71.6 Å². The van der Waals surface area contributed by atoms with Crippen molar-refractivity contribution in [2.45, 2.75) is 0 Å². The zero-order valence-electron chi connectivity index (χ0n) is 23.0. The van der Waals surface area contributed by atoms with Gasteiger partial charge in [-0.1, -0.05) is 116 Å². The first-order valence-corrected chi connectivity index (χ1v) is 14.1. The Hall–Kier alpha value is -5.67. The van der Waals surface area contributed by atoms with Crippen LogP contribution in [0.15, 0.2) is 152 Å². The van der Waals surface area contributed by atoms with Crippen molar-refractivity contribution in [3.05, 3.63) is 152 Å². The second-order valence-electron chi connectivity index (χ2n) is 10.7. The number of allylic oxidation sites excluding steroid dienone is 1. The summed E-state index contributed by atoms with van der Waals surface area (Å²) < 4.78 is 4.18. The number of para-hydroxylation sites is 2. The van der Waals surface area contributed by atoms with E-state index in [4.69, 9.17) is 0 Å². The Morgan fingerprint density at radius 1 is 0.405 bits per heavy atom. The molecule has 0 unspecified atom stereocenters. The summed E-state index contributed by atoms with van der Waals surface area (Å²) in [6.07, 6.45) is 0. The fourth-order valence-corrected chi connectivity index (χ4v) is 6.33. The molecular formula is C39H27N3. The Labute approximate surface area is 243 Å². The van der Waals surface area contributed by atoms with E-state index in [0.29, 0.717) is 11.5 Å². The molecule has 0 fully saturated rings. The predicted molar refractivity (Wildman–Crippen MR) is 178 cm³/mol. The molecule has 1 N–H and O–H groups in total. The maximum absolute atomic E-state index is 9.62. The smallest absolute Gasteiger partial charge is 0.154 e. The molecule has 3 heteroatoms. The van der Waals surface area contributed by atoms with Gasteiger partial charge >= 0.3 is 0 Å². The van der Waals surface area contributed by atoms with Crippen molar-refractivity contribution < 1.29 is 0 Å². The maximum Gasteiger partial charge on any atom is 0.154 e. The lowest BCUT2D eigenvalue weighted by molar-refractivity contribution is 1.18. The summed E-state index contributed by atoms with van der Waals surface area (Å²) in [5.74, 6) is 0.349. The number of nitrogens with one attached hydrogen (secondary N) is 1. The van der Waals surface area contributed by atoms with Crippen molar-refractivity contribution in [3.8, 4) is 22.3 Å². The zero-order valence-corrected chi connectivity index (χ0v) is 23.0. The lowest BCUT2D eigenvalue weighted by atomic mass is 10.0. The van der Waals surface area contributed by atoms with Gasteiger partial charge in [0.05, 0.1) is 27.8 Å². The highest BCUT2D eigenvalue weighted by Gasteiger charge is 2.21. The minimum absolute atomic E-state index is 0.349. The maximum atomic E-state index is 9.62. The van der Waals surface area contributed by atoms with Crippen LogP contribution in [0.2, 0.25) is 0 Å². The summed E-state index contributed by atoms with van der Waals surface area (Å²) in [6.45, 7) is 4.51. The van der Waals surface area contributed by atoms with Crippen LogP contribution in [-0.4, -0.2) is 15.0 Å². The number of rotatable bonds is 4. The van der Waals surface area contributed by atoms with Gasteiger partial charge < -0.3 is 4.57 Å². The van der Waals surface area contributed by atoms with Gasteiger partial charge in [0.1, 0.15) is 0 Å². The number of aromatic nitrogens is 2. The van der Waals surface area contributed by atoms with Gasteiger partial charge in [-0.2, -0.15) is 0 Å². The van der Waals surface area contributed by atoms with E-state index in [9.17, 15) is 5.41 Å². The molecule has 8 aromatic rings. The van der Waals surface area contributed by atoms with Gasteiger partial charge in [0.15, 0.2) is 5.84 Å². The summed E-state index contributed by atoms with van der Waals surface area (Å²) in [5, 5.41) is 14.2. The van der Waals surface area contributed by atoms with Crippen molar-refractivity contribution in [2.75, 3.05) is 0 Å². The van der Waals surface area contributed by atoms with Crippen LogP contribution in [-0.2, 0) is 0 Å². The van der Waals surface area contributed by atoms with E-state index in [1.807, 2.05) is 24.3 Å². The van der Waals surface area contributed by atoms with Gasteiger partial charge in [0.2, 0.25) is 0 Å². The Morgan fingerprint density at radius 2 is 0.810 bits per heavy atom. The average Bonchev–Trinajstić information content (AvgIpc) is 3.57. The third-order valence-electron chi connectivity index (χ3n) is 8.33. The Kier molecular flexibility index (Phi) is 5.44. The molecule has 2 heterocycles. The lowest BCUT2D eigenvalue weighted by Gasteiger charge is -2.15. The van der Waals surface area contributed by atoms with E-state index in [1.54, 1.807) is 0 Å². The van der Waals surface area contributed by atoms with Crippen molar-refractivity contribution in [2.24, 2.45) is 0 Å². The molecule has 8 rings (SSSR count). The van der Waals surface area contributed by atoms with Crippen LogP contribution in [0.3, 0.4) is 0 Å². The van der Waals surface area contributed by atoms with Gasteiger partial charge in [0, 0.05) is 21.5 Å². The monoisotopic (exact) mass is 537 g/mol. The van der Waals surface area contributed by atoms with Gasteiger partial charge in [-0.3, -0.25) is 9.98 Å². The predicted octanol–water partition coefficient (Wildman–Crippen LogP) is 10.2. The van der Waals surface area contributed by atoms with Crippen molar-refractivity contribution >= 4 is 55.1 Å². The first-order chi connectivity index (χ1) is 20.7. The van der Waals surface area contributed by atoms with E-state index in [0.717, 1.165) is 54.7 Å².